The number of allylic oxidation sites excluding steroid dienone is 1. The molecule has 0 aromatic carbocycles. The molecule has 2 atom stereocenters. The molecule has 0 aliphatic rings. The van der Waals surface area contributed by atoms with Gasteiger partial charge in [-0.25, -0.2) is 0 Å². The highest BCUT2D eigenvalue weighted by Crippen LogP contribution is 2.21. The van der Waals surface area contributed by atoms with Crippen LogP contribution in [0.25, 0.3) is 0 Å². The lowest BCUT2D eigenvalue weighted by Gasteiger charge is -2.24. The molecule has 0 saturated heterocycles. The zero-order chi connectivity index (χ0) is 16.6. The molecule has 1 amide bonds. The standard InChI is InChI=1S/C14H22F3NO3/c1-5-6-10(12(19)21-4)8-11(7-9(2)3)18-13(20)14(15,16)17/h5,9-11H,1,6-8H2,2-4H3,(H,18,20)/t10-,11+/m0/s1. The van der Waals surface area contributed by atoms with Gasteiger partial charge in [0.05, 0.1) is 13.0 Å². The summed E-state index contributed by atoms with van der Waals surface area (Å²) in [6.07, 6.45) is -2.73. The van der Waals surface area contributed by atoms with Crippen molar-refractivity contribution in [1.82, 2.24) is 5.32 Å². The summed E-state index contributed by atoms with van der Waals surface area (Å²) >= 11 is 0. The van der Waals surface area contributed by atoms with Gasteiger partial charge in [-0.15, -0.1) is 6.58 Å². The first kappa shape index (κ1) is 19.5. The number of ether oxygens (including phenoxy) is 1. The Morgan fingerprint density at radius 1 is 1.29 bits per heavy atom. The smallest absolute Gasteiger partial charge is 0.469 e. The van der Waals surface area contributed by atoms with Gasteiger partial charge in [0.25, 0.3) is 0 Å². The number of carbonyl (C=O) groups is 2. The topological polar surface area (TPSA) is 55.4 Å². The summed E-state index contributed by atoms with van der Waals surface area (Å²) in [7, 11) is 1.21. The maximum atomic E-state index is 12.3. The number of nitrogens with one attached hydrogen (secondary N) is 1. The SMILES string of the molecule is C=CC[C@@H](C[C@@H](CC(C)C)NC(=O)C(F)(F)F)C(=O)OC. The molecule has 0 rings (SSSR count). The van der Waals surface area contributed by atoms with Crippen LogP contribution >= 0.6 is 0 Å². The Labute approximate surface area is 122 Å². The Morgan fingerprint density at radius 2 is 1.86 bits per heavy atom. The number of hydrogen-bond acceptors (Lipinski definition) is 3. The molecular formula is C14H22F3NO3. The van der Waals surface area contributed by atoms with E-state index >= 15 is 0 Å². The summed E-state index contributed by atoms with van der Waals surface area (Å²) in [5, 5.41) is 1.95. The van der Waals surface area contributed by atoms with Crippen molar-refractivity contribution in [3.05, 3.63) is 12.7 Å². The van der Waals surface area contributed by atoms with E-state index in [4.69, 9.17) is 0 Å². The monoisotopic (exact) mass is 309 g/mol. The molecule has 1 N–H and O–H groups in total. The quantitative estimate of drug-likeness (QED) is 0.554. The van der Waals surface area contributed by atoms with Crippen molar-refractivity contribution < 1.29 is 27.5 Å². The fourth-order valence-corrected chi connectivity index (χ4v) is 2.05. The van der Waals surface area contributed by atoms with Gasteiger partial charge in [-0.1, -0.05) is 19.9 Å². The lowest BCUT2D eigenvalue weighted by Crippen LogP contribution is -2.45. The second-order valence-corrected chi connectivity index (χ2v) is 5.28. The van der Waals surface area contributed by atoms with Gasteiger partial charge in [0, 0.05) is 6.04 Å². The Morgan fingerprint density at radius 3 is 2.24 bits per heavy atom. The van der Waals surface area contributed by atoms with Crippen LogP contribution in [0.15, 0.2) is 12.7 Å². The summed E-state index contributed by atoms with van der Waals surface area (Å²) in [5.74, 6) is -3.06. The molecule has 0 aliphatic carbocycles. The van der Waals surface area contributed by atoms with E-state index in [1.54, 1.807) is 0 Å². The first-order valence-electron chi connectivity index (χ1n) is 6.68. The predicted octanol–water partition coefficient (Wildman–Crippen LogP) is 2.84. The normalized spacial score (nSPS) is 14.4. The van der Waals surface area contributed by atoms with Gasteiger partial charge in [-0.05, 0) is 25.2 Å². The van der Waals surface area contributed by atoms with E-state index in [-0.39, 0.29) is 18.8 Å². The van der Waals surface area contributed by atoms with Crippen molar-refractivity contribution in [1.29, 1.82) is 0 Å². The third-order valence-corrected chi connectivity index (χ3v) is 2.90. The Hall–Kier alpha value is -1.53. The second kappa shape index (κ2) is 8.69. The molecule has 0 unspecified atom stereocenters. The molecular weight excluding hydrogens is 287 g/mol. The molecule has 0 spiro atoms. The molecule has 122 valence electrons. The van der Waals surface area contributed by atoms with Crippen LogP contribution in [0, 0.1) is 11.8 Å². The van der Waals surface area contributed by atoms with Crippen LogP contribution < -0.4 is 5.32 Å². The number of rotatable bonds is 8. The van der Waals surface area contributed by atoms with Crippen LogP contribution in [-0.2, 0) is 14.3 Å². The molecule has 4 nitrogen and oxygen atoms in total. The molecule has 7 heteroatoms. The number of hydrogen-bond donors (Lipinski definition) is 1. The largest absolute Gasteiger partial charge is 0.471 e. The number of halogens is 3. The van der Waals surface area contributed by atoms with E-state index in [2.05, 4.69) is 11.3 Å². The molecule has 0 bridgehead atoms. The lowest BCUT2D eigenvalue weighted by molar-refractivity contribution is -0.174. The molecule has 0 aromatic heterocycles. The predicted molar refractivity (Wildman–Crippen MR) is 72.4 cm³/mol. The van der Waals surface area contributed by atoms with Gasteiger partial charge >= 0.3 is 18.1 Å². The Bertz CT molecular complexity index is 367. The Balaban J connectivity index is 4.92. The number of esters is 1. The summed E-state index contributed by atoms with van der Waals surface area (Å²) in [6, 6.07) is -0.747. The van der Waals surface area contributed by atoms with E-state index in [1.807, 2.05) is 19.2 Å². The molecule has 0 radical (unpaired) electrons. The Kier molecular flexibility index (Phi) is 8.06. The highest BCUT2D eigenvalue weighted by atomic mass is 19.4. The summed E-state index contributed by atoms with van der Waals surface area (Å²) in [6.45, 7) is 7.16. The highest BCUT2D eigenvalue weighted by molar-refractivity contribution is 5.82. The van der Waals surface area contributed by atoms with E-state index < -0.39 is 30.0 Å². The van der Waals surface area contributed by atoms with Crippen LogP contribution in [0.1, 0.15) is 33.1 Å². The molecule has 0 heterocycles. The minimum Gasteiger partial charge on any atom is -0.469 e. The third kappa shape index (κ3) is 7.72. The van der Waals surface area contributed by atoms with Crippen LogP contribution in [0.5, 0.6) is 0 Å². The van der Waals surface area contributed by atoms with E-state index in [1.165, 1.54) is 13.2 Å². The van der Waals surface area contributed by atoms with Gasteiger partial charge < -0.3 is 10.1 Å². The van der Waals surface area contributed by atoms with Gasteiger partial charge in [-0.3, -0.25) is 9.59 Å². The van der Waals surface area contributed by atoms with Gasteiger partial charge in [0.15, 0.2) is 0 Å². The average Bonchev–Trinajstić information content (AvgIpc) is 2.35. The minimum absolute atomic E-state index is 0.0746. The van der Waals surface area contributed by atoms with E-state index in [9.17, 15) is 22.8 Å². The summed E-state index contributed by atoms with van der Waals surface area (Å²) in [4.78, 5) is 22.7. The first-order valence-corrected chi connectivity index (χ1v) is 6.68. The van der Waals surface area contributed by atoms with E-state index in [0.717, 1.165) is 0 Å². The van der Waals surface area contributed by atoms with Crippen LogP contribution in [0.3, 0.4) is 0 Å². The van der Waals surface area contributed by atoms with E-state index in [0.29, 0.717) is 6.42 Å². The maximum absolute atomic E-state index is 12.3. The summed E-state index contributed by atoms with van der Waals surface area (Å²) in [5.41, 5.74) is 0. The fourth-order valence-electron chi connectivity index (χ4n) is 2.05. The number of amides is 1. The van der Waals surface area contributed by atoms with Crippen molar-refractivity contribution in [2.24, 2.45) is 11.8 Å². The maximum Gasteiger partial charge on any atom is 0.471 e. The first-order chi connectivity index (χ1) is 9.61. The van der Waals surface area contributed by atoms with Gasteiger partial charge in [0.2, 0.25) is 0 Å². The molecule has 0 aliphatic heterocycles. The van der Waals surface area contributed by atoms with Crippen LogP contribution in [0.2, 0.25) is 0 Å². The van der Waals surface area contributed by atoms with Crippen molar-refractivity contribution in [2.45, 2.75) is 45.3 Å². The van der Waals surface area contributed by atoms with Gasteiger partial charge in [-0.2, -0.15) is 13.2 Å². The zero-order valence-electron chi connectivity index (χ0n) is 12.5. The van der Waals surface area contributed by atoms with Crippen molar-refractivity contribution in [3.8, 4) is 0 Å². The van der Waals surface area contributed by atoms with Crippen molar-refractivity contribution in [2.75, 3.05) is 7.11 Å². The second-order valence-electron chi connectivity index (χ2n) is 5.28. The number of methoxy groups -OCH3 is 1. The van der Waals surface area contributed by atoms with Crippen LogP contribution in [-0.4, -0.2) is 31.2 Å². The lowest BCUT2D eigenvalue weighted by atomic mass is 9.91. The van der Waals surface area contributed by atoms with Crippen molar-refractivity contribution >= 4 is 11.9 Å². The van der Waals surface area contributed by atoms with Crippen LogP contribution in [0.4, 0.5) is 13.2 Å². The van der Waals surface area contributed by atoms with Crippen molar-refractivity contribution in [3.63, 3.8) is 0 Å². The third-order valence-electron chi connectivity index (χ3n) is 2.90. The average molecular weight is 309 g/mol. The summed E-state index contributed by atoms with van der Waals surface area (Å²) < 4.78 is 41.6. The molecule has 0 saturated carbocycles. The highest BCUT2D eigenvalue weighted by Gasteiger charge is 2.40. The number of alkyl halides is 3. The number of carbonyl (C=O) groups excluding carboxylic acids is 2. The molecule has 0 fully saturated rings. The molecule has 21 heavy (non-hydrogen) atoms. The molecule has 0 aromatic rings. The zero-order valence-corrected chi connectivity index (χ0v) is 12.5. The minimum atomic E-state index is -4.94. The fraction of sp³-hybridized carbons (Fsp3) is 0.714. The van der Waals surface area contributed by atoms with Gasteiger partial charge in [0.1, 0.15) is 0 Å².